The maximum absolute atomic E-state index is 13.1. The average Bonchev–Trinajstić information content (AvgIpc) is 2.96. The van der Waals surface area contributed by atoms with Crippen molar-refractivity contribution in [2.45, 2.75) is 19.8 Å². The number of ether oxygens (including phenoxy) is 1. The lowest BCUT2D eigenvalue weighted by Crippen LogP contribution is -2.30. The van der Waals surface area contributed by atoms with Gasteiger partial charge < -0.3 is 20.3 Å². The molecular formula is C32H33N3O3. The number of carbonyl (C=O) groups is 2. The van der Waals surface area contributed by atoms with E-state index in [1.54, 1.807) is 17.0 Å². The van der Waals surface area contributed by atoms with Crippen molar-refractivity contribution in [1.29, 1.82) is 0 Å². The van der Waals surface area contributed by atoms with Crippen molar-refractivity contribution in [3.05, 3.63) is 120 Å². The molecule has 38 heavy (non-hydrogen) atoms. The van der Waals surface area contributed by atoms with Crippen LogP contribution in [-0.2, 0) is 11.2 Å². The molecule has 0 saturated carbocycles. The Kier molecular flexibility index (Phi) is 9.51. The second-order valence-electron chi connectivity index (χ2n) is 8.80. The van der Waals surface area contributed by atoms with Gasteiger partial charge in [-0.25, -0.2) is 0 Å². The van der Waals surface area contributed by atoms with Crippen molar-refractivity contribution in [1.82, 2.24) is 0 Å². The molecule has 2 amide bonds. The number of nitrogens with one attached hydrogen (secondary N) is 2. The van der Waals surface area contributed by atoms with Crippen LogP contribution < -0.4 is 20.3 Å². The Hall–Kier alpha value is -4.58. The normalized spacial score (nSPS) is 10.4. The Labute approximate surface area is 224 Å². The summed E-state index contributed by atoms with van der Waals surface area (Å²) in [7, 11) is 0. The van der Waals surface area contributed by atoms with Crippen LogP contribution in [-0.4, -0.2) is 31.5 Å². The number of anilines is 3. The summed E-state index contributed by atoms with van der Waals surface area (Å²) in [4.78, 5) is 27.6. The van der Waals surface area contributed by atoms with Crippen molar-refractivity contribution in [3.8, 4) is 5.75 Å². The number of nitrogens with zero attached hydrogens (tertiary/aromatic N) is 1. The minimum absolute atomic E-state index is 0.0517. The molecule has 6 nitrogen and oxygen atoms in total. The molecule has 2 N–H and O–H groups in total. The lowest BCUT2D eigenvalue weighted by atomic mass is 10.1. The standard InChI is InChI=1S/C32H33N3O3/c1-2-35(28-18-7-4-8-19-28)32(37)26-16-11-17-27(23-26)33-24-31(36)34-29-20-9-10-21-30(29)38-22-12-15-25-13-5-3-6-14-25/h3-11,13-14,16-21,23,33H,2,12,15,22,24H2,1H3,(H,34,36). The van der Waals surface area contributed by atoms with Crippen molar-refractivity contribution >= 4 is 28.9 Å². The molecule has 0 radical (unpaired) electrons. The van der Waals surface area contributed by atoms with Crippen molar-refractivity contribution in [2.75, 3.05) is 35.2 Å². The van der Waals surface area contributed by atoms with E-state index < -0.39 is 0 Å². The van der Waals surface area contributed by atoms with Crippen LogP contribution in [0.5, 0.6) is 5.75 Å². The topological polar surface area (TPSA) is 70.7 Å². The van der Waals surface area contributed by atoms with Crippen molar-refractivity contribution < 1.29 is 14.3 Å². The third-order valence-electron chi connectivity index (χ3n) is 6.06. The van der Waals surface area contributed by atoms with Gasteiger partial charge in [0, 0.05) is 23.5 Å². The molecular weight excluding hydrogens is 474 g/mol. The smallest absolute Gasteiger partial charge is 0.258 e. The highest BCUT2D eigenvalue weighted by Crippen LogP contribution is 2.24. The molecule has 0 spiro atoms. The van der Waals surface area contributed by atoms with Gasteiger partial charge in [0.25, 0.3) is 5.91 Å². The molecule has 0 aliphatic rings. The number of carbonyl (C=O) groups excluding carboxylic acids is 2. The molecule has 4 rings (SSSR count). The van der Waals surface area contributed by atoms with Gasteiger partial charge in [0.1, 0.15) is 5.75 Å². The number of hydrogen-bond acceptors (Lipinski definition) is 4. The van der Waals surface area contributed by atoms with Gasteiger partial charge in [0.15, 0.2) is 0 Å². The van der Waals surface area contributed by atoms with Crippen LogP contribution in [0.4, 0.5) is 17.1 Å². The fourth-order valence-electron chi connectivity index (χ4n) is 4.15. The second-order valence-corrected chi connectivity index (χ2v) is 8.80. The van der Waals surface area contributed by atoms with Gasteiger partial charge in [-0.1, -0.05) is 66.7 Å². The number of para-hydroxylation sites is 3. The van der Waals surface area contributed by atoms with Crippen molar-refractivity contribution in [2.24, 2.45) is 0 Å². The van der Waals surface area contributed by atoms with Crippen molar-refractivity contribution in [3.63, 3.8) is 0 Å². The van der Waals surface area contributed by atoms with Gasteiger partial charge in [-0.2, -0.15) is 0 Å². The van der Waals surface area contributed by atoms with E-state index in [4.69, 9.17) is 4.74 Å². The third kappa shape index (κ3) is 7.46. The molecule has 6 heteroatoms. The third-order valence-corrected chi connectivity index (χ3v) is 6.06. The highest BCUT2D eigenvalue weighted by atomic mass is 16.5. The summed E-state index contributed by atoms with van der Waals surface area (Å²) in [6.07, 6.45) is 1.81. The first-order valence-corrected chi connectivity index (χ1v) is 12.9. The highest BCUT2D eigenvalue weighted by molar-refractivity contribution is 6.06. The van der Waals surface area contributed by atoms with Crippen LogP contribution in [0.2, 0.25) is 0 Å². The molecule has 0 fully saturated rings. The van der Waals surface area contributed by atoms with E-state index >= 15 is 0 Å². The summed E-state index contributed by atoms with van der Waals surface area (Å²) in [5.74, 6) is 0.341. The van der Waals surface area contributed by atoms with Gasteiger partial charge in [0.2, 0.25) is 5.91 Å². The number of rotatable bonds is 12. The van der Waals surface area contributed by atoms with E-state index in [1.165, 1.54) is 5.56 Å². The van der Waals surface area contributed by atoms with Gasteiger partial charge >= 0.3 is 0 Å². The molecule has 0 atom stereocenters. The number of hydrogen-bond donors (Lipinski definition) is 2. The van der Waals surface area contributed by atoms with E-state index in [0.717, 1.165) is 18.5 Å². The van der Waals surface area contributed by atoms with Crippen LogP contribution in [0, 0.1) is 0 Å². The van der Waals surface area contributed by atoms with Crippen LogP contribution in [0.15, 0.2) is 109 Å². The zero-order chi connectivity index (χ0) is 26.6. The molecule has 4 aromatic carbocycles. The lowest BCUT2D eigenvalue weighted by Gasteiger charge is -2.21. The quantitative estimate of drug-likeness (QED) is 0.217. The molecule has 0 aromatic heterocycles. The Morgan fingerprint density at radius 1 is 0.816 bits per heavy atom. The molecule has 194 valence electrons. The van der Waals surface area contributed by atoms with Gasteiger partial charge in [-0.3, -0.25) is 9.59 Å². The zero-order valence-corrected chi connectivity index (χ0v) is 21.6. The van der Waals surface area contributed by atoms with Crippen LogP contribution in [0.3, 0.4) is 0 Å². The predicted molar refractivity (Wildman–Crippen MR) is 154 cm³/mol. The largest absolute Gasteiger partial charge is 0.491 e. The average molecular weight is 508 g/mol. The summed E-state index contributed by atoms with van der Waals surface area (Å²) in [6, 6.07) is 34.5. The SMILES string of the molecule is CCN(C(=O)c1cccc(NCC(=O)Nc2ccccc2OCCCc2ccccc2)c1)c1ccccc1. The van der Waals surface area contributed by atoms with Gasteiger partial charge in [0.05, 0.1) is 18.8 Å². The fraction of sp³-hybridized carbons (Fsp3) is 0.188. The fourth-order valence-corrected chi connectivity index (χ4v) is 4.15. The Morgan fingerprint density at radius 2 is 1.53 bits per heavy atom. The van der Waals surface area contributed by atoms with E-state index in [1.807, 2.05) is 91.9 Å². The molecule has 0 saturated heterocycles. The number of aryl methyl sites for hydroxylation is 1. The molecule has 0 aliphatic heterocycles. The second kappa shape index (κ2) is 13.7. The molecule has 0 bridgehead atoms. The van der Waals surface area contributed by atoms with E-state index in [0.29, 0.717) is 35.8 Å². The molecule has 0 aliphatic carbocycles. The molecule has 0 heterocycles. The van der Waals surface area contributed by atoms with Crippen LogP contribution in [0.1, 0.15) is 29.3 Å². The minimum atomic E-state index is -0.207. The number of amides is 2. The predicted octanol–water partition coefficient (Wildman–Crippen LogP) is 6.42. The summed E-state index contributed by atoms with van der Waals surface area (Å²) < 4.78 is 5.96. The first-order chi connectivity index (χ1) is 18.6. The monoisotopic (exact) mass is 507 g/mol. The lowest BCUT2D eigenvalue weighted by molar-refractivity contribution is -0.114. The summed E-state index contributed by atoms with van der Waals surface area (Å²) in [5, 5.41) is 6.05. The molecule has 4 aromatic rings. The Bertz CT molecular complexity index is 1330. The van der Waals surface area contributed by atoms with Gasteiger partial charge in [-0.15, -0.1) is 0 Å². The maximum atomic E-state index is 13.1. The first kappa shape index (κ1) is 26.5. The summed E-state index contributed by atoms with van der Waals surface area (Å²) in [5.41, 5.74) is 4.00. The van der Waals surface area contributed by atoms with E-state index in [2.05, 4.69) is 22.8 Å². The summed E-state index contributed by atoms with van der Waals surface area (Å²) in [6.45, 7) is 3.10. The first-order valence-electron chi connectivity index (χ1n) is 12.9. The summed E-state index contributed by atoms with van der Waals surface area (Å²) >= 11 is 0. The maximum Gasteiger partial charge on any atom is 0.258 e. The minimum Gasteiger partial charge on any atom is -0.491 e. The van der Waals surface area contributed by atoms with E-state index in [-0.39, 0.29) is 18.4 Å². The number of benzene rings is 4. The van der Waals surface area contributed by atoms with Gasteiger partial charge in [-0.05, 0) is 67.8 Å². The zero-order valence-electron chi connectivity index (χ0n) is 21.6. The van der Waals surface area contributed by atoms with Crippen LogP contribution in [0.25, 0.3) is 0 Å². The van der Waals surface area contributed by atoms with Crippen LogP contribution >= 0.6 is 0 Å². The highest BCUT2D eigenvalue weighted by Gasteiger charge is 2.16. The Morgan fingerprint density at radius 3 is 2.29 bits per heavy atom. The van der Waals surface area contributed by atoms with E-state index in [9.17, 15) is 9.59 Å². The Balaban J connectivity index is 1.30. The molecule has 0 unspecified atom stereocenters.